The number of nitrogens with two attached hydrogens (primary N) is 1. The summed E-state index contributed by atoms with van der Waals surface area (Å²) in [6.07, 6.45) is 3.11. The molecule has 1 heterocycles. The van der Waals surface area contributed by atoms with E-state index in [0.717, 1.165) is 43.1 Å². The Kier molecular flexibility index (Phi) is 7.23. The molecule has 1 rings (SSSR count). The first-order chi connectivity index (χ1) is 8.65. The van der Waals surface area contributed by atoms with Crippen molar-refractivity contribution in [2.24, 2.45) is 5.73 Å². The molecule has 0 bridgehead atoms. The highest BCUT2D eigenvalue weighted by molar-refractivity contribution is 7.09. The lowest BCUT2D eigenvalue weighted by Crippen LogP contribution is -2.34. The SMILES string of the molecule is CCN(CCCCc1nc(CCl)cs1)CC(N)=O. The first kappa shape index (κ1) is 15.4. The summed E-state index contributed by atoms with van der Waals surface area (Å²) in [7, 11) is 0. The second-order valence-corrected chi connectivity index (χ2v) is 5.37. The van der Waals surface area contributed by atoms with Crippen LogP contribution in [-0.2, 0) is 17.1 Å². The molecule has 0 radical (unpaired) electrons. The number of thiazole rings is 1. The molecule has 0 aliphatic rings. The Morgan fingerprint density at radius 3 is 2.89 bits per heavy atom. The van der Waals surface area contributed by atoms with Crippen LogP contribution in [0.2, 0.25) is 0 Å². The van der Waals surface area contributed by atoms with Crippen LogP contribution in [0.25, 0.3) is 0 Å². The molecule has 0 aromatic carbocycles. The third kappa shape index (κ3) is 5.80. The summed E-state index contributed by atoms with van der Waals surface area (Å²) in [5, 5.41) is 3.15. The Balaban J connectivity index is 2.19. The molecule has 4 nitrogen and oxygen atoms in total. The van der Waals surface area contributed by atoms with Crippen LogP contribution in [-0.4, -0.2) is 35.4 Å². The van der Waals surface area contributed by atoms with Crippen LogP contribution < -0.4 is 5.73 Å². The largest absolute Gasteiger partial charge is 0.369 e. The number of primary amides is 1. The van der Waals surface area contributed by atoms with Gasteiger partial charge in [-0.2, -0.15) is 0 Å². The number of alkyl halides is 1. The molecular formula is C12H20ClN3OS. The zero-order valence-corrected chi connectivity index (χ0v) is 12.3. The van der Waals surface area contributed by atoms with E-state index in [0.29, 0.717) is 12.4 Å². The molecule has 102 valence electrons. The average molecular weight is 290 g/mol. The molecular weight excluding hydrogens is 270 g/mol. The zero-order chi connectivity index (χ0) is 13.4. The number of hydrogen-bond acceptors (Lipinski definition) is 4. The summed E-state index contributed by atoms with van der Waals surface area (Å²) in [4.78, 5) is 17.3. The lowest BCUT2D eigenvalue weighted by atomic mass is 10.2. The van der Waals surface area contributed by atoms with Crippen molar-refractivity contribution < 1.29 is 4.79 Å². The van der Waals surface area contributed by atoms with Crippen molar-refractivity contribution in [1.29, 1.82) is 0 Å². The minimum atomic E-state index is -0.261. The van der Waals surface area contributed by atoms with Crippen LogP contribution >= 0.6 is 22.9 Å². The van der Waals surface area contributed by atoms with Gasteiger partial charge in [-0.1, -0.05) is 6.92 Å². The highest BCUT2D eigenvalue weighted by Gasteiger charge is 2.06. The van der Waals surface area contributed by atoms with Gasteiger partial charge in [0.15, 0.2) is 0 Å². The number of hydrogen-bond donors (Lipinski definition) is 1. The number of carbonyl (C=O) groups is 1. The van der Waals surface area contributed by atoms with Gasteiger partial charge >= 0.3 is 0 Å². The molecule has 0 aliphatic carbocycles. The van der Waals surface area contributed by atoms with Gasteiger partial charge in [0, 0.05) is 5.38 Å². The number of likely N-dealkylation sites (N-methyl/N-ethyl adjacent to an activating group) is 1. The van der Waals surface area contributed by atoms with Crippen LogP contribution in [0.5, 0.6) is 0 Å². The smallest absolute Gasteiger partial charge is 0.231 e. The van der Waals surface area contributed by atoms with E-state index in [1.54, 1.807) is 11.3 Å². The van der Waals surface area contributed by atoms with Gasteiger partial charge in [-0.3, -0.25) is 9.69 Å². The van der Waals surface area contributed by atoms with Crippen LogP contribution in [0.4, 0.5) is 0 Å². The van der Waals surface area contributed by atoms with E-state index in [9.17, 15) is 4.79 Å². The van der Waals surface area contributed by atoms with Crippen molar-refractivity contribution in [2.75, 3.05) is 19.6 Å². The topological polar surface area (TPSA) is 59.2 Å². The van der Waals surface area contributed by atoms with Gasteiger partial charge in [-0.15, -0.1) is 22.9 Å². The van der Waals surface area contributed by atoms with Crippen molar-refractivity contribution in [3.05, 3.63) is 16.1 Å². The van der Waals surface area contributed by atoms with E-state index in [1.807, 2.05) is 12.3 Å². The first-order valence-corrected chi connectivity index (χ1v) is 7.57. The quantitative estimate of drug-likeness (QED) is 0.559. The van der Waals surface area contributed by atoms with Crippen molar-refractivity contribution in [2.45, 2.75) is 32.1 Å². The zero-order valence-electron chi connectivity index (χ0n) is 10.7. The van der Waals surface area contributed by atoms with Crippen molar-refractivity contribution >= 4 is 28.8 Å². The van der Waals surface area contributed by atoms with Gasteiger partial charge in [0.1, 0.15) is 0 Å². The highest BCUT2D eigenvalue weighted by atomic mass is 35.5. The van der Waals surface area contributed by atoms with Gasteiger partial charge in [0.25, 0.3) is 0 Å². The second kappa shape index (κ2) is 8.45. The minimum Gasteiger partial charge on any atom is -0.369 e. The van der Waals surface area contributed by atoms with E-state index < -0.39 is 0 Å². The van der Waals surface area contributed by atoms with Crippen molar-refractivity contribution in [1.82, 2.24) is 9.88 Å². The Bertz CT molecular complexity index is 370. The van der Waals surface area contributed by atoms with Crippen LogP contribution in [0.15, 0.2) is 5.38 Å². The van der Waals surface area contributed by atoms with Gasteiger partial charge < -0.3 is 5.73 Å². The minimum absolute atomic E-state index is 0.261. The van der Waals surface area contributed by atoms with Gasteiger partial charge in [0.05, 0.1) is 23.1 Å². The van der Waals surface area contributed by atoms with Crippen LogP contribution in [0, 0.1) is 0 Å². The number of aromatic nitrogens is 1. The van der Waals surface area contributed by atoms with E-state index >= 15 is 0 Å². The van der Waals surface area contributed by atoms with Crippen molar-refractivity contribution in [3.8, 4) is 0 Å². The normalized spacial score (nSPS) is 11.1. The molecule has 0 fully saturated rings. The second-order valence-electron chi connectivity index (χ2n) is 4.16. The number of amides is 1. The molecule has 1 aromatic rings. The molecule has 18 heavy (non-hydrogen) atoms. The predicted molar refractivity (Wildman–Crippen MR) is 75.9 cm³/mol. The molecule has 6 heteroatoms. The number of unbranched alkanes of at least 4 members (excludes halogenated alkanes) is 1. The summed E-state index contributed by atoms with van der Waals surface area (Å²) in [6, 6.07) is 0. The third-order valence-corrected chi connectivity index (χ3v) is 3.91. The summed E-state index contributed by atoms with van der Waals surface area (Å²) in [5.41, 5.74) is 6.14. The summed E-state index contributed by atoms with van der Waals surface area (Å²) >= 11 is 7.37. The maximum atomic E-state index is 10.8. The molecule has 0 unspecified atom stereocenters. The lowest BCUT2D eigenvalue weighted by molar-refractivity contribution is -0.119. The van der Waals surface area contributed by atoms with Gasteiger partial charge in [-0.05, 0) is 32.4 Å². The summed E-state index contributed by atoms with van der Waals surface area (Å²) in [6.45, 7) is 4.16. The fourth-order valence-corrected chi connectivity index (χ4v) is 2.77. The number of rotatable bonds is 9. The monoisotopic (exact) mass is 289 g/mol. The van der Waals surface area contributed by atoms with E-state index in [1.165, 1.54) is 0 Å². The fourth-order valence-electron chi connectivity index (χ4n) is 1.71. The van der Waals surface area contributed by atoms with Crippen LogP contribution in [0.3, 0.4) is 0 Å². The standard InChI is InChI=1S/C12H20ClN3OS/c1-2-16(8-11(14)17)6-4-3-5-12-15-10(7-13)9-18-12/h9H,2-8H2,1H3,(H2,14,17). The number of nitrogens with zero attached hydrogens (tertiary/aromatic N) is 2. The number of halogens is 1. The molecule has 0 saturated carbocycles. The van der Waals surface area contributed by atoms with Gasteiger partial charge in [0.2, 0.25) is 5.91 Å². The molecule has 0 aliphatic heterocycles. The third-order valence-electron chi connectivity index (χ3n) is 2.68. The average Bonchev–Trinajstić information content (AvgIpc) is 2.80. The maximum Gasteiger partial charge on any atom is 0.231 e. The first-order valence-electron chi connectivity index (χ1n) is 6.15. The molecule has 1 aromatic heterocycles. The van der Waals surface area contributed by atoms with E-state index in [2.05, 4.69) is 9.88 Å². The van der Waals surface area contributed by atoms with Crippen molar-refractivity contribution in [3.63, 3.8) is 0 Å². The fraction of sp³-hybridized carbons (Fsp3) is 0.667. The number of carbonyl (C=O) groups excluding carboxylic acids is 1. The summed E-state index contributed by atoms with van der Waals surface area (Å²) in [5.74, 6) is 0.224. The van der Waals surface area contributed by atoms with E-state index in [-0.39, 0.29) is 5.91 Å². The molecule has 2 N–H and O–H groups in total. The lowest BCUT2D eigenvalue weighted by Gasteiger charge is -2.17. The Morgan fingerprint density at radius 1 is 1.56 bits per heavy atom. The molecule has 0 atom stereocenters. The molecule has 0 saturated heterocycles. The predicted octanol–water partition coefficient (Wildman–Crippen LogP) is 2.01. The highest BCUT2D eigenvalue weighted by Crippen LogP contribution is 2.14. The van der Waals surface area contributed by atoms with Crippen LogP contribution in [0.1, 0.15) is 30.5 Å². The number of aryl methyl sites for hydroxylation is 1. The Labute approximate surface area is 117 Å². The molecule has 0 spiro atoms. The Hall–Kier alpha value is -0.650. The molecule has 1 amide bonds. The summed E-state index contributed by atoms with van der Waals surface area (Å²) < 4.78 is 0. The van der Waals surface area contributed by atoms with E-state index in [4.69, 9.17) is 17.3 Å². The Morgan fingerprint density at radius 2 is 2.33 bits per heavy atom. The maximum absolute atomic E-state index is 10.8. The van der Waals surface area contributed by atoms with Gasteiger partial charge in [-0.25, -0.2) is 4.98 Å².